The Labute approximate surface area is 179 Å². The molecule has 1 nitrogen and oxygen atoms in total. The van der Waals surface area contributed by atoms with Gasteiger partial charge in [0.15, 0.2) is 0 Å². The van der Waals surface area contributed by atoms with E-state index in [2.05, 4.69) is 91.5 Å². The van der Waals surface area contributed by atoms with E-state index in [1.165, 1.54) is 47.6 Å². The molecule has 0 bridgehead atoms. The summed E-state index contributed by atoms with van der Waals surface area (Å²) >= 11 is 1.86. The molecule has 30 heavy (non-hydrogen) atoms. The molecule has 0 N–H and O–H groups in total. The van der Waals surface area contributed by atoms with Crippen LogP contribution >= 0.6 is 11.3 Å². The first kappa shape index (κ1) is 18.4. The molecule has 4 aromatic carbocycles. The minimum Gasteiger partial charge on any atom is -0.192 e. The van der Waals surface area contributed by atoms with Gasteiger partial charge < -0.3 is 0 Å². The standard InChI is InChI=1S/C28H19NS/c1-2-19(18-29)7-8-20-9-11-21(12-10-20)23-14-15-26-25(17-23)28-24-6-4-3-5-22(24)13-16-27(28)30-26/h2-7,9-17H,1,8H2/b19-7+. The first-order chi connectivity index (χ1) is 14.8. The second kappa shape index (κ2) is 7.63. The maximum Gasteiger partial charge on any atom is 0.0988 e. The minimum atomic E-state index is 0.612. The molecule has 0 aliphatic rings. The van der Waals surface area contributed by atoms with E-state index in [0.717, 1.165) is 6.42 Å². The summed E-state index contributed by atoms with van der Waals surface area (Å²) in [6.07, 6.45) is 4.24. The van der Waals surface area contributed by atoms with Crippen LogP contribution in [0.5, 0.6) is 0 Å². The van der Waals surface area contributed by atoms with Crippen molar-refractivity contribution in [2.45, 2.75) is 6.42 Å². The van der Waals surface area contributed by atoms with E-state index >= 15 is 0 Å². The van der Waals surface area contributed by atoms with Crippen LogP contribution in [0.3, 0.4) is 0 Å². The highest BCUT2D eigenvalue weighted by Gasteiger charge is 2.10. The van der Waals surface area contributed by atoms with Gasteiger partial charge in [-0.25, -0.2) is 0 Å². The van der Waals surface area contributed by atoms with Gasteiger partial charge in [0, 0.05) is 25.7 Å². The molecule has 0 spiro atoms. The van der Waals surface area contributed by atoms with Crippen LogP contribution in [0.4, 0.5) is 0 Å². The highest BCUT2D eigenvalue weighted by Crippen LogP contribution is 2.40. The minimum absolute atomic E-state index is 0.612. The molecular formula is C28H19NS. The summed E-state index contributed by atoms with van der Waals surface area (Å²) in [6.45, 7) is 3.67. The Morgan fingerprint density at radius 2 is 1.63 bits per heavy atom. The van der Waals surface area contributed by atoms with Gasteiger partial charge in [-0.2, -0.15) is 5.26 Å². The summed E-state index contributed by atoms with van der Waals surface area (Å²) in [5.74, 6) is 0. The number of hydrogen-bond donors (Lipinski definition) is 0. The normalized spacial score (nSPS) is 11.8. The van der Waals surface area contributed by atoms with Crippen LogP contribution in [0.2, 0.25) is 0 Å². The van der Waals surface area contributed by atoms with Crippen molar-refractivity contribution in [1.82, 2.24) is 0 Å². The summed E-state index contributed by atoms with van der Waals surface area (Å²) in [6, 6.07) is 30.6. The Bertz CT molecular complexity index is 1480. The van der Waals surface area contributed by atoms with Crippen molar-refractivity contribution in [3.8, 4) is 17.2 Å². The molecule has 0 saturated carbocycles. The number of fused-ring (bicyclic) bond motifs is 5. The zero-order valence-corrected chi connectivity index (χ0v) is 17.2. The number of benzene rings is 4. The lowest BCUT2D eigenvalue weighted by Crippen LogP contribution is -1.84. The molecule has 0 aliphatic carbocycles. The Morgan fingerprint density at radius 1 is 0.867 bits per heavy atom. The average Bonchev–Trinajstić information content (AvgIpc) is 3.18. The molecule has 0 amide bonds. The van der Waals surface area contributed by atoms with Crippen molar-refractivity contribution in [1.29, 1.82) is 5.26 Å². The molecule has 1 heterocycles. The summed E-state index contributed by atoms with van der Waals surface area (Å²) in [5.41, 5.74) is 4.22. The third-order valence-electron chi connectivity index (χ3n) is 5.55. The summed E-state index contributed by atoms with van der Waals surface area (Å²) in [5, 5.41) is 14.3. The number of allylic oxidation sites excluding steroid dienone is 3. The number of thiophene rings is 1. The number of nitriles is 1. The van der Waals surface area contributed by atoms with Gasteiger partial charge in [-0.3, -0.25) is 0 Å². The molecule has 0 atom stereocenters. The SMILES string of the molecule is C=C/C(C#N)=C\Cc1ccc(-c2ccc3sc4ccc5ccccc5c4c3c2)cc1. The van der Waals surface area contributed by atoms with Gasteiger partial charge in [-0.1, -0.05) is 79.4 Å². The zero-order valence-electron chi connectivity index (χ0n) is 16.4. The quantitative estimate of drug-likeness (QED) is 0.221. The molecule has 0 unspecified atom stereocenters. The third-order valence-corrected chi connectivity index (χ3v) is 6.69. The number of nitrogens with zero attached hydrogens (tertiary/aromatic N) is 1. The van der Waals surface area contributed by atoms with Gasteiger partial charge in [-0.15, -0.1) is 11.3 Å². The Morgan fingerprint density at radius 3 is 2.43 bits per heavy atom. The van der Waals surface area contributed by atoms with E-state index in [9.17, 15) is 0 Å². The molecule has 5 rings (SSSR count). The van der Waals surface area contributed by atoms with Crippen LogP contribution in [-0.4, -0.2) is 0 Å². The molecule has 5 aromatic rings. The maximum absolute atomic E-state index is 9.02. The van der Waals surface area contributed by atoms with Crippen molar-refractivity contribution in [2.24, 2.45) is 0 Å². The molecule has 0 fully saturated rings. The van der Waals surface area contributed by atoms with Crippen molar-refractivity contribution in [3.63, 3.8) is 0 Å². The van der Waals surface area contributed by atoms with Gasteiger partial charge in [0.1, 0.15) is 0 Å². The Hall–Kier alpha value is -3.67. The molecule has 0 aliphatic heterocycles. The second-order valence-electron chi connectivity index (χ2n) is 7.35. The van der Waals surface area contributed by atoms with Crippen molar-refractivity contribution in [2.75, 3.05) is 0 Å². The van der Waals surface area contributed by atoms with E-state index in [1.54, 1.807) is 6.08 Å². The predicted octanol–water partition coefficient (Wildman–Crippen LogP) is 8.05. The van der Waals surface area contributed by atoms with E-state index in [0.29, 0.717) is 5.57 Å². The van der Waals surface area contributed by atoms with Crippen molar-refractivity contribution in [3.05, 3.63) is 109 Å². The van der Waals surface area contributed by atoms with Gasteiger partial charge in [0.05, 0.1) is 6.07 Å². The highest BCUT2D eigenvalue weighted by molar-refractivity contribution is 7.26. The van der Waals surface area contributed by atoms with Crippen molar-refractivity contribution >= 4 is 42.3 Å². The van der Waals surface area contributed by atoms with Gasteiger partial charge >= 0.3 is 0 Å². The van der Waals surface area contributed by atoms with E-state index in [1.807, 2.05) is 17.4 Å². The molecule has 2 heteroatoms. The topological polar surface area (TPSA) is 23.8 Å². The first-order valence-electron chi connectivity index (χ1n) is 9.93. The molecule has 142 valence electrons. The van der Waals surface area contributed by atoms with E-state index in [4.69, 9.17) is 5.26 Å². The smallest absolute Gasteiger partial charge is 0.0988 e. The molecule has 0 saturated heterocycles. The van der Waals surface area contributed by atoms with Crippen LogP contribution in [0.25, 0.3) is 42.1 Å². The van der Waals surface area contributed by atoms with Crippen LogP contribution in [0, 0.1) is 11.3 Å². The summed E-state index contributed by atoms with van der Waals surface area (Å²) in [4.78, 5) is 0. The number of hydrogen-bond acceptors (Lipinski definition) is 2. The molecule has 0 radical (unpaired) electrons. The van der Waals surface area contributed by atoms with Crippen LogP contribution < -0.4 is 0 Å². The van der Waals surface area contributed by atoms with E-state index in [-0.39, 0.29) is 0 Å². The average molecular weight is 402 g/mol. The summed E-state index contributed by atoms with van der Waals surface area (Å²) < 4.78 is 2.65. The zero-order chi connectivity index (χ0) is 20.5. The molecular weight excluding hydrogens is 382 g/mol. The van der Waals surface area contributed by atoms with Gasteiger partial charge in [0.25, 0.3) is 0 Å². The van der Waals surface area contributed by atoms with E-state index < -0.39 is 0 Å². The Kier molecular flexibility index (Phi) is 4.67. The van der Waals surface area contributed by atoms with Crippen molar-refractivity contribution < 1.29 is 0 Å². The fourth-order valence-electron chi connectivity index (χ4n) is 3.96. The second-order valence-corrected chi connectivity index (χ2v) is 8.43. The molecule has 1 aromatic heterocycles. The fourth-order valence-corrected chi connectivity index (χ4v) is 5.06. The lowest BCUT2D eigenvalue weighted by Gasteiger charge is -2.05. The fraction of sp³-hybridized carbons (Fsp3) is 0.0357. The Balaban J connectivity index is 1.57. The first-order valence-corrected chi connectivity index (χ1v) is 10.7. The third kappa shape index (κ3) is 3.20. The van der Waals surface area contributed by atoms with Crippen LogP contribution in [-0.2, 0) is 6.42 Å². The lowest BCUT2D eigenvalue weighted by atomic mass is 9.99. The van der Waals surface area contributed by atoms with Crippen LogP contribution in [0.1, 0.15) is 5.56 Å². The van der Waals surface area contributed by atoms with Crippen LogP contribution in [0.15, 0.2) is 103 Å². The summed E-state index contributed by atoms with van der Waals surface area (Å²) in [7, 11) is 0. The largest absolute Gasteiger partial charge is 0.192 e. The number of rotatable bonds is 4. The monoisotopic (exact) mass is 401 g/mol. The van der Waals surface area contributed by atoms with Gasteiger partial charge in [-0.05, 0) is 52.1 Å². The lowest BCUT2D eigenvalue weighted by molar-refractivity contribution is 1.26. The maximum atomic E-state index is 9.02. The highest BCUT2D eigenvalue weighted by atomic mass is 32.1. The van der Waals surface area contributed by atoms with Gasteiger partial charge in [0.2, 0.25) is 0 Å². The predicted molar refractivity (Wildman–Crippen MR) is 130 cm³/mol.